The Kier molecular flexibility index (Phi) is 6.80. The highest BCUT2D eigenvalue weighted by Gasteiger charge is 2.08. The number of hydrogen-bond donors (Lipinski definition) is 2. The summed E-state index contributed by atoms with van der Waals surface area (Å²) in [7, 11) is 0. The van der Waals surface area contributed by atoms with Crippen molar-refractivity contribution in [2.24, 2.45) is 0 Å². The van der Waals surface area contributed by atoms with E-state index in [1.54, 1.807) is 18.0 Å². The standard InChI is InChI=1S/C11H17ClN2OS/c1-16-8-10(4-6-15)14-7-9-3-2-5-13-11(9)12/h2-3,5,10,14-15H,4,6-8H2,1H3. The highest BCUT2D eigenvalue weighted by molar-refractivity contribution is 7.98. The lowest BCUT2D eigenvalue weighted by atomic mass is 10.2. The fourth-order valence-corrected chi connectivity index (χ4v) is 2.28. The van der Waals surface area contributed by atoms with Crippen LogP contribution in [-0.4, -0.2) is 34.7 Å². The van der Waals surface area contributed by atoms with Crippen LogP contribution < -0.4 is 5.32 Å². The molecule has 5 heteroatoms. The van der Waals surface area contributed by atoms with Gasteiger partial charge in [0.2, 0.25) is 0 Å². The van der Waals surface area contributed by atoms with Crippen molar-refractivity contribution >= 4 is 23.4 Å². The Morgan fingerprint density at radius 2 is 2.44 bits per heavy atom. The number of hydrogen-bond acceptors (Lipinski definition) is 4. The van der Waals surface area contributed by atoms with Crippen molar-refractivity contribution in [3.63, 3.8) is 0 Å². The Morgan fingerprint density at radius 3 is 3.06 bits per heavy atom. The quantitative estimate of drug-likeness (QED) is 0.736. The molecule has 1 aromatic heterocycles. The summed E-state index contributed by atoms with van der Waals surface area (Å²) in [5, 5.41) is 12.8. The Morgan fingerprint density at radius 1 is 1.62 bits per heavy atom. The van der Waals surface area contributed by atoms with Gasteiger partial charge in [-0.1, -0.05) is 17.7 Å². The summed E-state index contributed by atoms with van der Waals surface area (Å²) in [5.74, 6) is 0.985. The Bertz CT molecular complexity index is 306. The van der Waals surface area contributed by atoms with Crippen LogP contribution in [0, 0.1) is 0 Å². The summed E-state index contributed by atoms with van der Waals surface area (Å²) in [4.78, 5) is 4.02. The molecule has 0 aromatic carbocycles. The third kappa shape index (κ3) is 4.70. The van der Waals surface area contributed by atoms with E-state index in [9.17, 15) is 0 Å². The van der Waals surface area contributed by atoms with Gasteiger partial charge in [0.25, 0.3) is 0 Å². The first kappa shape index (κ1) is 13.8. The Hall–Kier alpha value is -0.290. The average Bonchev–Trinajstić information content (AvgIpc) is 2.28. The van der Waals surface area contributed by atoms with Crippen LogP contribution in [-0.2, 0) is 6.54 Å². The maximum Gasteiger partial charge on any atom is 0.133 e. The van der Waals surface area contributed by atoms with Crippen molar-refractivity contribution in [2.45, 2.75) is 19.0 Å². The lowest BCUT2D eigenvalue weighted by Crippen LogP contribution is -2.31. The van der Waals surface area contributed by atoms with E-state index >= 15 is 0 Å². The van der Waals surface area contributed by atoms with Gasteiger partial charge in [0.15, 0.2) is 0 Å². The predicted molar refractivity (Wildman–Crippen MR) is 70.0 cm³/mol. The Labute approximate surface area is 106 Å². The van der Waals surface area contributed by atoms with Gasteiger partial charge < -0.3 is 10.4 Å². The number of thioether (sulfide) groups is 1. The zero-order valence-electron chi connectivity index (χ0n) is 9.32. The first-order valence-corrected chi connectivity index (χ1v) is 6.97. The Balaban J connectivity index is 2.45. The molecule has 1 unspecified atom stereocenters. The fraction of sp³-hybridized carbons (Fsp3) is 0.545. The van der Waals surface area contributed by atoms with Crippen molar-refractivity contribution < 1.29 is 5.11 Å². The molecular weight excluding hydrogens is 244 g/mol. The fourth-order valence-electron chi connectivity index (χ4n) is 1.41. The molecule has 3 nitrogen and oxygen atoms in total. The van der Waals surface area contributed by atoms with Crippen molar-refractivity contribution in [1.29, 1.82) is 0 Å². The van der Waals surface area contributed by atoms with Crippen molar-refractivity contribution in [3.8, 4) is 0 Å². The second-order valence-electron chi connectivity index (χ2n) is 3.50. The summed E-state index contributed by atoms with van der Waals surface area (Å²) >= 11 is 7.72. The smallest absolute Gasteiger partial charge is 0.133 e. The van der Waals surface area contributed by atoms with Gasteiger partial charge in [0.1, 0.15) is 5.15 Å². The third-order valence-corrected chi connectivity index (χ3v) is 3.34. The summed E-state index contributed by atoms with van der Waals surface area (Å²) in [5.41, 5.74) is 0.994. The van der Waals surface area contributed by atoms with Crippen LogP contribution in [0.3, 0.4) is 0 Å². The van der Waals surface area contributed by atoms with Gasteiger partial charge in [0, 0.05) is 36.7 Å². The van der Waals surface area contributed by atoms with E-state index in [1.807, 2.05) is 12.1 Å². The van der Waals surface area contributed by atoms with E-state index in [0.29, 0.717) is 17.7 Å². The summed E-state index contributed by atoms with van der Waals surface area (Å²) in [6.45, 7) is 0.900. The first-order valence-electron chi connectivity index (χ1n) is 5.20. The van der Waals surface area contributed by atoms with E-state index in [1.165, 1.54) is 0 Å². The molecule has 0 fully saturated rings. The third-order valence-electron chi connectivity index (χ3n) is 2.26. The molecule has 0 saturated carbocycles. The van der Waals surface area contributed by atoms with Gasteiger partial charge in [-0.15, -0.1) is 0 Å². The molecule has 1 rings (SSSR count). The molecule has 16 heavy (non-hydrogen) atoms. The number of rotatable bonds is 7. The highest BCUT2D eigenvalue weighted by Crippen LogP contribution is 2.12. The van der Waals surface area contributed by atoms with Crippen molar-refractivity contribution in [3.05, 3.63) is 29.0 Å². The second-order valence-corrected chi connectivity index (χ2v) is 4.77. The van der Waals surface area contributed by atoms with Gasteiger partial charge in [-0.3, -0.25) is 0 Å². The first-order chi connectivity index (χ1) is 7.77. The van der Waals surface area contributed by atoms with Crippen LogP contribution in [0.5, 0.6) is 0 Å². The van der Waals surface area contributed by atoms with Crippen molar-refractivity contribution in [1.82, 2.24) is 10.3 Å². The van der Waals surface area contributed by atoms with Crippen LogP contribution in [0.4, 0.5) is 0 Å². The maximum absolute atomic E-state index is 8.93. The zero-order valence-corrected chi connectivity index (χ0v) is 10.9. The molecule has 1 aromatic rings. The molecule has 0 radical (unpaired) electrons. The average molecular weight is 261 g/mol. The number of halogens is 1. The van der Waals surface area contributed by atoms with Gasteiger partial charge >= 0.3 is 0 Å². The predicted octanol–water partition coefficient (Wildman–Crippen LogP) is 1.94. The molecule has 90 valence electrons. The van der Waals surface area contributed by atoms with Crippen LogP contribution in [0.25, 0.3) is 0 Å². The molecule has 0 aliphatic rings. The lowest BCUT2D eigenvalue weighted by Gasteiger charge is -2.16. The minimum absolute atomic E-state index is 0.207. The van der Waals surface area contributed by atoms with E-state index in [4.69, 9.17) is 16.7 Å². The number of aliphatic hydroxyl groups is 1. The monoisotopic (exact) mass is 260 g/mol. The number of nitrogens with one attached hydrogen (secondary N) is 1. The largest absolute Gasteiger partial charge is 0.396 e. The van der Waals surface area contributed by atoms with Crippen molar-refractivity contribution in [2.75, 3.05) is 18.6 Å². The van der Waals surface area contributed by atoms with Crippen LogP contribution in [0.15, 0.2) is 18.3 Å². The molecule has 0 aliphatic heterocycles. The normalized spacial score (nSPS) is 12.7. The van der Waals surface area contributed by atoms with E-state index in [-0.39, 0.29) is 6.61 Å². The van der Waals surface area contributed by atoms with E-state index in [2.05, 4.69) is 16.6 Å². The lowest BCUT2D eigenvalue weighted by molar-refractivity contribution is 0.270. The molecule has 2 N–H and O–H groups in total. The summed E-state index contributed by atoms with van der Waals surface area (Å²) in [6.07, 6.45) is 4.50. The number of pyridine rings is 1. The topological polar surface area (TPSA) is 45.1 Å². The number of aliphatic hydroxyl groups excluding tert-OH is 1. The van der Waals surface area contributed by atoms with E-state index in [0.717, 1.165) is 17.7 Å². The van der Waals surface area contributed by atoms with E-state index < -0.39 is 0 Å². The molecule has 0 saturated heterocycles. The molecule has 0 spiro atoms. The number of aromatic nitrogens is 1. The van der Waals surface area contributed by atoms with Crippen LogP contribution in [0.1, 0.15) is 12.0 Å². The summed E-state index contributed by atoms with van der Waals surface area (Å²) < 4.78 is 0. The molecule has 0 amide bonds. The SMILES string of the molecule is CSCC(CCO)NCc1cccnc1Cl. The maximum atomic E-state index is 8.93. The molecule has 1 heterocycles. The van der Waals surface area contributed by atoms with Crippen LogP contribution in [0.2, 0.25) is 5.15 Å². The summed E-state index contributed by atoms with van der Waals surface area (Å²) in [6, 6.07) is 4.15. The molecule has 1 atom stereocenters. The van der Waals surface area contributed by atoms with Gasteiger partial charge in [-0.05, 0) is 18.7 Å². The highest BCUT2D eigenvalue weighted by atomic mass is 35.5. The number of nitrogens with zero attached hydrogens (tertiary/aromatic N) is 1. The van der Waals surface area contributed by atoms with Crippen LogP contribution >= 0.6 is 23.4 Å². The zero-order chi connectivity index (χ0) is 11.8. The minimum atomic E-state index is 0.207. The minimum Gasteiger partial charge on any atom is -0.396 e. The van der Waals surface area contributed by atoms with Gasteiger partial charge in [-0.2, -0.15) is 11.8 Å². The molecule has 0 aliphatic carbocycles. The molecular formula is C11H17ClN2OS. The second kappa shape index (κ2) is 7.90. The van der Waals surface area contributed by atoms with Gasteiger partial charge in [0.05, 0.1) is 0 Å². The van der Waals surface area contributed by atoms with Gasteiger partial charge in [-0.25, -0.2) is 4.98 Å². The molecule has 0 bridgehead atoms.